The molecule has 9 nitrogen and oxygen atoms in total. The van der Waals surface area contributed by atoms with Gasteiger partial charge in [0.15, 0.2) is 0 Å². The minimum absolute atomic E-state index is 0. The van der Waals surface area contributed by atoms with E-state index in [1.54, 1.807) is 39.0 Å². The summed E-state index contributed by atoms with van der Waals surface area (Å²) in [6.07, 6.45) is 0. The Morgan fingerprint density at radius 2 is 1.88 bits per heavy atom. The number of aliphatic carboxylic acids is 1. The van der Waals surface area contributed by atoms with Gasteiger partial charge in [0, 0.05) is 10.3 Å². The molecule has 0 radical (unpaired) electrons. The second-order valence-corrected chi connectivity index (χ2v) is 10.2. The van der Waals surface area contributed by atoms with Crippen molar-refractivity contribution in [3.8, 4) is 11.3 Å². The van der Waals surface area contributed by atoms with Crippen LogP contribution in [-0.2, 0) is 9.59 Å². The number of aryl methyl sites for hydroxylation is 1. The Balaban J connectivity index is 0.00000181. The van der Waals surface area contributed by atoms with Crippen molar-refractivity contribution in [3.05, 3.63) is 39.6 Å². The van der Waals surface area contributed by atoms with E-state index in [0.29, 0.717) is 15.6 Å². The van der Waals surface area contributed by atoms with Crippen molar-refractivity contribution in [2.24, 2.45) is 0 Å². The first-order valence-corrected chi connectivity index (χ1v) is 10.6. The van der Waals surface area contributed by atoms with E-state index < -0.39 is 40.0 Å². The number of fused-ring (bicyclic) bond motifs is 1. The minimum atomic E-state index is -1.32. The molecule has 0 spiro atoms. The third kappa shape index (κ3) is 4.18. The molecule has 3 heterocycles. The van der Waals surface area contributed by atoms with E-state index in [1.165, 1.54) is 16.7 Å². The maximum atomic E-state index is 13.1. The molecule has 2 amide bonds. The Kier molecular flexibility index (Phi) is 8.04. The zero-order chi connectivity index (χ0) is 22.0. The number of carbonyl (C=O) groups is 3. The third-order valence-electron chi connectivity index (χ3n) is 5.24. The number of hydrogen-bond donors (Lipinski definition) is 1. The fourth-order valence-corrected chi connectivity index (χ4v) is 6.07. The van der Waals surface area contributed by atoms with E-state index in [1.807, 2.05) is 0 Å². The van der Waals surface area contributed by atoms with Crippen LogP contribution in [-0.4, -0.2) is 55.5 Å². The molecule has 1 aromatic heterocycles. The average molecular weight is 514 g/mol. The van der Waals surface area contributed by atoms with Crippen LogP contribution in [0.2, 0.25) is 10.0 Å². The summed E-state index contributed by atoms with van der Waals surface area (Å²) in [5.41, 5.74) is 0.615. The Bertz CT molecular complexity index is 1070. The Morgan fingerprint density at radius 1 is 1.28 bits per heavy atom. The van der Waals surface area contributed by atoms with Gasteiger partial charge in [0.25, 0.3) is 5.91 Å². The molecule has 2 aromatic rings. The Hall–Kier alpha value is -1.27. The van der Waals surface area contributed by atoms with Crippen LogP contribution in [0.5, 0.6) is 0 Å². The number of hydrogen-bond acceptors (Lipinski definition) is 7. The predicted molar refractivity (Wildman–Crippen MR) is 113 cm³/mol. The van der Waals surface area contributed by atoms with Crippen LogP contribution >= 0.6 is 35.0 Å². The molecule has 166 valence electrons. The van der Waals surface area contributed by atoms with Gasteiger partial charge in [-0.05, 0) is 32.9 Å². The van der Waals surface area contributed by atoms with E-state index in [4.69, 9.17) is 27.7 Å². The standard InChI is InChI=1S/C19H17Cl2N3O5S.Na.H2O/c1-7-10(12(23-29-7)11-8(20)5-4-6-9(11)21)15(25)22-13-16(26)24-14(18(27)28)19(2,3)30-17(13)24;;/h4-6,13-14,17H,1-3H3,(H,22,25)(H,27,28);;1H2/q;+1;/p-1/t13-,14+,17-;;/m1../s1/i1+1,7+1,10+1,15+1;;. The molecule has 32 heavy (non-hydrogen) atoms. The van der Waals surface area contributed by atoms with E-state index in [-0.39, 0.29) is 52.1 Å². The second-order valence-electron chi connectivity index (χ2n) is 7.59. The van der Waals surface area contributed by atoms with E-state index in [9.17, 15) is 19.5 Å². The number of halogens is 2. The number of nitrogens with one attached hydrogen (secondary N) is 1. The van der Waals surface area contributed by atoms with Gasteiger partial charge in [-0.3, -0.25) is 9.59 Å². The van der Waals surface area contributed by atoms with Crippen molar-refractivity contribution in [1.29, 1.82) is 0 Å². The molecule has 2 saturated heterocycles. The smallest absolute Gasteiger partial charge is 0.548 e. The number of benzene rings is 1. The summed E-state index contributed by atoms with van der Waals surface area (Å²) in [6.45, 7) is 5.01. The number of carbonyl (C=O) groups excluding carboxylic acids is 3. The van der Waals surface area contributed by atoms with Crippen LogP contribution in [0.15, 0.2) is 22.7 Å². The number of carboxylic acids is 1. The summed E-state index contributed by atoms with van der Waals surface area (Å²) in [5.74, 6) is -2.16. The molecule has 3 atom stereocenters. The maximum absolute atomic E-state index is 13.1. The topological polar surface area (TPSA) is 147 Å². The summed E-state index contributed by atoms with van der Waals surface area (Å²) in [7, 11) is 0. The van der Waals surface area contributed by atoms with Crippen LogP contribution in [0.4, 0.5) is 0 Å². The van der Waals surface area contributed by atoms with E-state index >= 15 is 0 Å². The van der Waals surface area contributed by atoms with Crippen molar-refractivity contribution in [3.63, 3.8) is 0 Å². The van der Waals surface area contributed by atoms with Gasteiger partial charge in [0.1, 0.15) is 28.4 Å². The van der Waals surface area contributed by atoms with Crippen molar-refractivity contribution < 1.29 is 59.0 Å². The summed E-state index contributed by atoms with van der Waals surface area (Å²) >= 11 is 13.8. The Labute approximate surface area is 219 Å². The monoisotopic (exact) mass is 513 g/mol. The van der Waals surface area contributed by atoms with Crippen LogP contribution in [0, 0.1) is 6.92 Å². The van der Waals surface area contributed by atoms with Gasteiger partial charge in [-0.25, -0.2) is 0 Å². The molecule has 2 aliphatic heterocycles. The van der Waals surface area contributed by atoms with Gasteiger partial charge in [-0.15, -0.1) is 11.8 Å². The maximum Gasteiger partial charge on any atom is 1.00 e. The number of amides is 2. The van der Waals surface area contributed by atoms with Crippen molar-refractivity contribution >= 4 is 52.7 Å². The molecule has 0 aliphatic carbocycles. The molecule has 2 aliphatic rings. The van der Waals surface area contributed by atoms with Crippen LogP contribution in [0.25, 0.3) is 11.3 Å². The van der Waals surface area contributed by atoms with Gasteiger partial charge in [0.05, 0.1) is 22.1 Å². The molecule has 2 fully saturated rings. The molecule has 0 saturated carbocycles. The zero-order valence-electron chi connectivity index (χ0n) is 17.6. The number of β-lactam (4-membered cyclic amide) rings is 1. The molecule has 3 N–H and O–H groups in total. The molecule has 0 bridgehead atoms. The van der Waals surface area contributed by atoms with Gasteiger partial charge in [-0.2, -0.15) is 0 Å². The van der Waals surface area contributed by atoms with Crippen molar-refractivity contribution in [2.45, 2.75) is 43.0 Å². The van der Waals surface area contributed by atoms with Gasteiger partial charge < -0.3 is 30.1 Å². The summed E-state index contributed by atoms with van der Waals surface area (Å²) in [6, 6.07) is 2.94. The first kappa shape index (κ1) is 27.0. The SMILES string of the molecule is CC1(C)S[C@@H]2[C@H](N[13C](=O)[13c]3c(-c4c(Cl)cccc4Cl)no[13c]3[13CH3])C(=O)N2[C@H]1C(=O)[O-].O.[Na+]. The molecule has 1 aromatic carbocycles. The quantitative estimate of drug-likeness (QED) is 0.283. The molecular formula is C19H18Cl2N3NaO6S. The number of carboxylic acid groups (broad SMARTS) is 1. The van der Waals surface area contributed by atoms with Gasteiger partial charge >= 0.3 is 29.6 Å². The average Bonchev–Trinajstić information content (AvgIpc) is 3.14. The first-order chi connectivity index (χ1) is 14.0. The van der Waals surface area contributed by atoms with E-state index in [2.05, 4.69) is 10.5 Å². The molecule has 13 heteroatoms. The van der Waals surface area contributed by atoms with Crippen LogP contribution < -0.4 is 40.0 Å². The summed E-state index contributed by atoms with van der Waals surface area (Å²) in [4.78, 5) is 38.5. The number of nitrogens with zero attached hydrogens (tertiary/aromatic N) is 2. The number of thioether (sulfide) groups is 1. The number of aromatic nitrogens is 1. The van der Waals surface area contributed by atoms with Crippen LogP contribution in [0.3, 0.4) is 0 Å². The largest absolute Gasteiger partial charge is 1.00 e. The fraction of sp³-hybridized carbons (Fsp3) is 0.368. The van der Waals surface area contributed by atoms with Gasteiger partial charge in [0.2, 0.25) is 5.91 Å². The molecular weight excluding hydrogens is 496 g/mol. The minimum Gasteiger partial charge on any atom is -0.548 e. The van der Waals surface area contributed by atoms with E-state index in [0.717, 1.165) is 0 Å². The third-order valence-corrected chi connectivity index (χ3v) is 7.44. The zero-order valence-corrected chi connectivity index (χ0v) is 21.9. The summed E-state index contributed by atoms with van der Waals surface area (Å²) < 4.78 is 4.45. The second kappa shape index (κ2) is 9.54. The predicted octanol–water partition coefficient (Wildman–Crippen LogP) is -1.95. The fourth-order valence-electron chi connectivity index (χ4n) is 3.87. The van der Waals surface area contributed by atoms with Gasteiger partial charge in [-0.1, -0.05) is 34.4 Å². The molecule has 4 rings (SSSR count). The molecule has 0 unspecified atom stereocenters. The normalized spacial score (nSPS) is 22.8. The number of rotatable bonds is 4. The van der Waals surface area contributed by atoms with Crippen LogP contribution in [0.1, 0.15) is 30.0 Å². The summed E-state index contributed by atoms with van der Waals surface area (Å²) in [5, 5.41) is 18.2. The van der Waals surface area contributed by atoms with Crippen molar-refractivity contribution in [1.82, 2.24) is 15.4 Å². The first-order valence-electron chi connectivity index (χ1n) is 8.97. The Morgan fingerprint density at radius 3 is 2.44 bits per heavy atom. The van der Waals surface area contributed by atoms with Crippen molar-refractivity contribution in [2.75, 3.05) is 0 Å².